The van der Waals surface area contributed by atoms with E-state index in [2.05, 4.69) is 0 Å². The van der Waals surface area contributed by atoms with Crippen molar-refractivity contribution >= 4 is 12.1 Å². The first-order valence-corrected chi connectivity index (χ1v) is 3.29. The molecule has 0 heterocycles. The maximum Gasteiger partial charge on any atom is 0.146 e. The number of hydrogen-bond donors (Lipinski definition) is 0. The predicted octanol–water partition coefficient (Wildman–Crippen LogP) is 0.554. The summed E-state index contributed by atoms with van der Waals surface area (Å²) >= 11 is 0. The van der Waals surface area contributed by atoms with Gasteiger partial charge in [-0.15, -0.1) is 0 Å². The van der Waals surface area contributed by atoms with Crippen molar-refractivity contribution in [2.45, 2.75) is 19.3 Å². The van der Waals surface area contributed by atoms with Crippen LogP contribution in [0.4, 0.5) is 0 Å². The van der Waals surface area contributed by atoms with Gasteiger partial charge in [-0.2, -0.15) is 0 Å². The number of carbonyl (C=O) groups excluding carboxylic acids is 2. The maximum atomic E-state index is 10.9. The lowest BCUT2D eigenvalue weighted by Crippen LogP contribution is -2.12. The van der Waals surface area contributed by atoms with Crippen molar-refractivity contribution in [3.05, 3.63) is 0 Å². The first-order valence-electron chi connectivity index (χ1n) is 3.29. The van der Waals surface area contributed by atoms with E-state index in [0.29, 0.717) is 12.3 Å². The summed E-state index contributed by atoms with van der Waals surface area (Å²) in [4.78, 5) is 21.3. The van der Waals surface area contributed by atoms with Gasteiger partial charge in [0.1, 0.15) is 12.1 Å². The molecule has 2 heteroatoms. The third kappa shape index (κ3) is 0.419. The van der Waals surface area contributed by atoms with E-state index in [9.17, 15) is 9.59 Å². The largest absolute Gasteiger partial charge is 0.302 e. The molecule has 2 rings (SSSR count). The molecule has 2 saturated carbocycles. The summed E-state index contributed by atoms with van der Waals surface area (Å²) in [6.45, 7) is 0. The number of rotatable bonds is 1. The van der Waals surface area contributed by atoms with Crippen LogP contribution in [0.2, 0.25) is 0 Å². The van der Waals surface area contributed by atoms with E-state index in [-0.39, 0.29) is 5.78 Å². The molecule has 0 aromatic rings. The predicted molar refractivity (Wildman–Crippen MR) is 30.8 cm³/mol. The summed E-state index contributed by atoms with van der Waals surface area (Å²) in [7, 11) is 0. The minimum absolute atomic E-state index is 0.183. The average Bonchev–Trinajstić information content (AvgIpc) is 2.52. The van der Waals surface area contributed by atoms with Gasteiger partial charge in [0.25, 0.3) is 0 Å². The normalized spacial score (nSPS) is 46.7. The van der Waals surface area contributed by atoms with Crippen molar-refractivity contribution in [2.75, 3.05) is 0 Å². The van der Waals surface area contributed by atoms with E-state index in [0.717, 1.165) is 19.1 Å². The number of fused-ring (bicyclic) bond motifs is 1. The molecule has 0 saturated heterocycles. The van der Waals surface area contributed by atoms with Crippen LogP contribution in [0.1, 0.15) is 19.3 Å². The van der Waals surface area contributed by atoms with E-state index in [4.69, 9.17) is 0 Å². The van der Waals surface area contributed by atoms with Crippen LogP contribution in [0.25, 0.3) is 0 Å². The van der Waals surface area contributed by atoms with E-state index in [1.807, 2.05) is 0 Å². The van der Waals surface area contributed by atoms with E-state index < -0.39 is 5.41 Å². The van der Waals surface area contributed by atoms with Crippen LogP contribution in [-0.4, -0.2) is 12.1 Å². The third-order valence-corrected chi connectivity index (χ3v) is 2.60. The monoisotopic (exact) mass is 124 g/mol. The summed E-state index contributed by atoms with van der Waals surface area (Å²) in [5.74, 6) is 0.616. The highest BCUT2D eigenvalue weighted by atomic mass is 16.1. The van der Waals surface area contributed by atoms with E-state index in [1.54, 1.807) is 0 Å². The Labute approximate surface area is 53.2 Å². The molecule has 2 aliphatic carbocycles. The second kappa shape index (κ2) is 1.25. The van der Waals surface area contributed by atoms with Crippen molar-refractivity contribution in [1.29, 1.82) is 0 Å². The zero-order valence-electron chi connectivity index (χ0n) is 5.09. The molecule has 2 nitrogen and oxygen atoms in total. The van der Waals surface area contributed by atoms with Crippen LogP contribution in [0, 0.1) is 11.3 Å². The van der Waals surface area contributed by atoms with E-state index >= 15 is 0 Å². The topological polar surface area (TPSA) is 34.1 Å². The van der Waals surface area contributed by atoms with E-state index in [1.165, 1.54) is 0 Å². The van der Waals surface area contributed by atoms with Crippen LogP contribution in [0.3, 0.4) is 0 Å². The average molecular weight is 124 g/mol. The Kier molecular flexibility index (Phi) is 0.718. The van der Waals surface area contributed by atoms with Crippen LogP contribution in [-0.2, 0) is 9.59 Å². The first-order chi connectivity index (χ1) is 4.29. The van der Waals surface area contributed by atoms with Crippen molar-refractivity contribution in [3.63, 3.8) is 0 Å². The third-order valence-electron chi connectivity index (χ3n) is 2.60. The number of ketones is 1. The Balaban J connectivity index is 2.33. The highest BCUT2D eigenvalue weighted by molar-refractivity contribution is 6.03. The number of aldehydes is 1. The van der Waals surface area contributed by atoms with Crippen LogP contribution >= 0.6 is 0 Å². The molecule has 2 aliphatic rings. The van der Waals surface area contributed by atoms with Gasteiger partial charge in [0, 0.05) is 6.42 Å². The molecular formula is C7H8O2. The second-order valence-electron chi connectivity index (χ2n) is 3.02. The highest BCUT2D eigenvalue weighted by Gasteiger charge is 2.63. The molecule has 0 aromatic heterocycles. The summed E-state index contributed by atoms with van der Waals surface area (Å²) in [6, 6.07) is 0. The summed E-state index contributed by atoms with van der Waals surface area (Å²) in [5.41, 5.74) is -0.458. The lowest BCUT2D eigenvalue weighted by Gasteiger charge is -1.95. The summed E-state index contributed by atoms with van der Waals surface area (Å²) in [6.07, 6.45) is 3.29. The number of hydrogen-bond acceptors (Lipinski definition) is 2. The number of Topliss-reactive ketones (excluding diaryl/α,β-unsaturated/α-hetero) is 1. The second-order valence-corrected chi connectivity index (χ2v) is 3.02. The molecule has 0 spiro atoms. The molecule has 0 N–H and O–H groups in total. The van der Waals surface area contributed by atoms with Gasteiger partial charge in [0.15, 0.2) is 0 Å². The maximum absolute atomic E-state index is 10.9. The molecule has 2 atom stereocenters. The molecule has 48 valence electrons. The number of carbonyl (C=O) groups is 2. The molecule has 0 aromatic carbocycles. The SMILES string of the molecule is O=CC12CC1CCC2=O. The standard InChI is InChI=1S/C7H8O2/c8-4-7-3-5(7)1-2-6(7)9/h4-5H,1-3H2. The summed E-state index contributed by atoms with van der Waals surface area (Å²) < 4.78 is 0. The van der Waals surface area contributed by atoms with Gasteiger partial charge in [0.2, 0.25) is 0 Å². The Hall–Kier alpha value is -0.660. The Morgan fingerprint density at radius 1 is 1.67 bits per heavy atom. The first kappa shape index (κ1) is 5.15. The van der Waals surface area contributed by atoms with Crippen molar-refractivity contribution in [2.24, 2.45) is 11.3 Å². The van der Waals surface area contributed by atoms with Crippen molar-refractivity contribution in [3.8, 4) is 0 Å². The molecular weight excluding hydrogens is 116 g/mol. The molecule has 0 aliphatic heterocycles. The lowest BCUT2D eigenvalue weighted by molar-refractivity contribution is -0.127. The molecule has 9 heavy (non-hydrogen) atoms. The highest BCUT2D eigenvalue weighted by Crippen LogP contribution is 2.59. The van der Waals surface area contributed by atoms with Gasteiger partial charge < -0.3 is 4.79 Å². The zero-order chi connectivity index (χ0) is 6.48. The van der Waals surface area contributed by atoms with Crippen LogP contribution < -0.4 is 0 Å². The minimum atomic E-state index is -0.458. The molecule has 2 fully saturated rings. The minimum Gasteiger partial charge on any atom is -0.302 e. The Bertz CT molecular complexity index is 185. The van der Waals surface area contributed by atoms with Gasteiger partial charge in [0.05, 0.1) is 5.41 Å². The molecule has 0 radical (unpaired) electrons. The fourth-order valence-electron chi connectivity index (χ4n) is 1.80. The fraction of sp³-hybridized carbons (Fsp3) is 0.714. The summed E-state index contributed by atoms with van der Waals surface area (Å²) in [5, 5.41) is 0. The van der Waals surface area contributed by atoms with Gasteiger partial charge in [-0.25, -0.2) is 0 Å². The molecule has 0 amide bonds. The molecule has 2 unspecified atom stereocenters. The van der Waals surface area contributed by atoms with Crippen LogP contribution in [0.5, 0.6) is 0 Å². The van der Waals surface area contributed by atoms with Gasteiger partial charge in [-0.05, 0) is 18.8 Å². The van der Waals surface area contributed by atoms with Crippen LogP contribution in [0.15, 0.2) is 0 Å². The Morgan fingerprint density at radius 3 is 2.67 bits per heavy atom. The fourth-order valence-corrected chi connectivity index (χ4v) is 1.80. The lowest BCUT2D eigenvalue weighted by atomic mass is 10.1. The van der Waals surface area contributed by atoms with Crippen molar-refractivity contribution in [1.82, 2.24) is 0 Å². The zero-order valence-corrected chi connectivity index (χ0v) is 5.09. The quantitative estimate of drug-likeness (QED) is 0.378. The van der Waals surface area contributed by atoms with Gasteiger partial charge in [-0.1, -0.05) is 0 Å². The smallest absolute Gasteiger partial charge is 0.146 e. The molecule has 0 bridgehead atoms. The Morgan fingerprint density at radius 2 is 2.44 bits per heavy atom. The van der Waals surface area contributed by atoms with Gasteiger partial charge >= 0.3 is 0 Å². The van der Waals surface area contributed by atoms with Gasteiger partial charge in [-0.3, -0.25) is 4.79 Å². The van der Waals surface area contributed by atoms with Crippen molar-refractivity contribution < 1.29 is 9.59 Å².